The van der Waals surface area contributed by atoms with Crippen molar-refractivity contribution in [1.29, 1.82) is 0 Å². The van der Waals surface area contributed by atoms with Crippen LogP contribution < -0.4 is 5.32 Å². The quantitative estimate of drug-likeness (QED) is 0.906. The van der Waals surface area contributed by atoms with Crippen LogP contribution in [0.4, 0.5) is 0 Å². The van der Waals surface area contributed by atoms with Crippen LogP contribution in [0.15, 0.2) is 6.20 Å². The summed E-state index contributed by atoms with van der Waals surface area (Å²) in [5.74, 6) is 0.891. The third-order valence-corrected chi connectivity index (χ3v) is 5.73. The Morgan fingerprint density at radius 3 is 2.96 bits per heavy atom. The van der Waals surface area contributed by atoms with Gasteiger partial charge in [-0.1, -0.05) is 0 Å². The molecule has 2 aliphatic heterocycles. The largest absolute Gasteiger partial charge is 0.331 e. The average molecular weight is 354 g/mol. The van der Waals surface area contributed by atoms with E-state index in [9.17, 15) is 4.79 Å². The lowest BCUT2D eigenvalue weighted by Crippen LogP contribution is -2.35. The van der Waals surface area contributed by atoms with Gasteiger partial charge in [0.2, 0.25) is 5.91 Å². The molecule has 0 aromatic carbocycles. The molecule has 1 atom stereocenters. The van der Waals surface area contributed by atoms with Crippen molar-refractivity contribution in [2.45, 2.75) is 59.2 Å². The van der Waals surface area contributed by atoms with Crippen LogP contribution in [0.3, 0.4) is 0 Å². The molecular formula is C19H26N6O. The fraction of sp³-hybridized carbons (Fsp3) is 0.579. The predicted molar refractivity (Wildman–Crippen MR) is 97.6 cm³/mol. The van der Waals surface area contributed by atoms with Crippen LogP contribution in [0.1, 0.15) is 52.9 Å². The summed E-state index contributed by atoms with van der Waals surface area (Å²) in [5.41, 5.74) is 5.50. The monoisotopic (exact) mass is 354 g/mol. The summed E-state index contributed by atoms with van der Waals surface area (Å²) in [4.78, 5) is 24.3. The van der Waals surface area contributed by atoms with Crippen molar-refractivity contribution < 1.29 is 4.79 Å². The topological polar surface area (TPSA) is 75.9 Å². The van der Waals surface area contributed by atoms with Crippen molar-refractivity contribution in [3.8, 4) is 0 Å². The number of carbonyl (C=O) groups excluding carboxylic acids is 1. The van der Waals surface area contributed by atoms with E-state index in [1.54, 1.807) is 0 Å². The zero-order chi connectivity index (χ0) is 18.3. The molecule has 1 amide bonds. The van der Waals surface area contributed by atoms with Gasteiger partial charge in [-0.25, -0.2) is 9.97 Å². The summed E-state index contributed by atoms with van der Waals surface area (Å²) in [6.45, 7) is 8.89. The molecular weight excluding hydrogens is 328 g/mol. The molecule has 0 bridgehead atoms. The Bertz CT molecular complexity index is 843. The summed E-state index contributed by atoms with van der Waals surface area (Å²) in [6, 6.07) is -0.0132. The lowest BCUT2D eigenvalue weighted by molar-refractivity contribution is -0.133. The molecule has 2 aliphatic rings. The standard InChI is InChI=1S/C19H26N6O/c1-12-13(2)23-25(14(12)3)11-18(26)24-8-4-5-17(24)19-21-10-15-9-20-7-6-16(15)22-19/h10,17,20H,4-9,11H2,1-3H3/t17-/m0/s1. The number of nitrogens with zero attached hydrogens (tertiary/aromatic N) is 5. The summed E-state index contributed by atoms with van der Waals surface area (Å²) in [5, 5.41) is 7.85. The molecule has 1 fully saturated rings. The van der Waals surface area contributed by atoms with Crippen LogP contribution in [0.2, 0.25) is 0 Å². The van der Waals surface area contributed by atoms with Crippen LogP contribution in [0.5, 0.6) is 0 Å². The van der Waals surface area contributed by atoms with Crippen LogP contribution in [-0.4, -0.2) is 43.6 Å². The van der Waals surface area contributed by atoms with Crippen molar-refractivity contribution in [1.82, 2.24) is 30.0 Å². The molecule has 0 aliphatic carbocycles. The first-order valence-corrected chi connectivity index (χ1v) is 9.40. The van der Waals surface area contributed by atoms with E-state index in [-0.39, 0.29) is 18.5 Å². The Morgan fingerprint density at radius 1 is 1.35 bits per heavy atom. The number of aromatic nitrogens is 4. The van der Waals surface area contributed by atoms with Crippen molar-refractivity contribution in [3.05, 3.63) is 40.2 Å². The molecule has 1 N–H and O–H groups in total. The van der Waals surface area contributed by atoms with Gasteiger partial charge >= 0.3 is 0 Å². The van der Waals surface area contributed by atoms with Crippen LogP contribution in [0, 0.1) is 20.8 Å². The maximum Gasteiger partial charge on any atom is 0.244 e. The lowest BCUT2D eigenvalue weighted by atomic mass is 10.1. The summed E-state index contributed by atoms with van der Waals surface area (Å²) < 4.78 is 1.82. The van der Waals surface area contributed by atoms with Crippen LogP contribution in [0.25, 0.3) is 0 Å². The van der Waals surface area contributed by atoms with E-state index >= 15 is 0 Å². The average Bonchev–Trinajstić information content (AvgIpc) is 3.23. The van der Waals surface area contributed by atoms with Gasteiger partial charge in [-0.3, -0.25) is 9.48 Å². The number of likely N-dealkylation sites (tertiary alicyclic amines) is 1. The van der Waals surface area contributed by atoms with Crippen LogP contribution in [-0.2, 0) is 24.3 Å². The molecule has 0 unspecified atom stereocenters. The maximum atomic E-state index is 13.0. The Kier molecular flexibility index (Phi) is 4.48. The van der Waals surface area contributed by atoms with E-state index in [1.807, 2.05) is 36.5 Å². The van der Waals surface area contributed by atoms with E-state index in [2.05, 4.69) is 15.4 Å². The van der Waals surface area contributed by atoms with Crippen LogP contribution >= 0.6 is 0 Å². The lowest BCUT2D eigenvalue weighted by Gasteiger charge is -2.25. The van der Waals surface area contributed by atoms with Gasteiger partial charge in [0.15, 0.2) is 5.82 Å². The molecule has 0 saturated carbocycles. The van der Waals surface area contributed by atoms with E-state index < -0.39 is 0 Å². The molecule has 0 spiro atoms. The van der Waals surface area contributed by atoms with Gasteiger partial charge < -0.3 is 10.2 Å². The first-order valence-electron chi connectivity index (χ1n) is 9.40. The number of fused-ring (bicyclic) bond motifs is 1. The van der Waals surface area contributed by atoms with Gasteiger partial charge in [0.25, 0.3) is 0 Å². The third kappa shape index (κ3) is 3.00. The minimum atomic E-state index is -0.0132. The Balaban J connectivity index is 1.54. The molecule has 2 aromatic heterocycles. The fourth-order valence-electron chi connectivity index (χ4n) is 3.91. The zero-order valence-electron chi connectivity index (χ0n) is 15.7. The molecule has 7 nitrogen and oxygen atoms in total. The molecule has 4 heterocycles. The van der Waals surface area contributed by atoms with Crippen molar-refractivity contribution in [2.75, 3.05) is 13.1 Å². The van der Waals surface area contributed by atoms with Gasteiger partial charge in [-0.05, 0) is 39.2 Å². The number of hydrogen-bond acceptors (Lipinski definition) is 5. The Hall–Kier alpha value is -2.28. The minimum absolute atomic E-state index is 0.0132. The van der Waals surface area contributed by atoms with Gasteiger partial charge in [-0.2, -0.15) is 5.10 Å². The highest BCUT2D eigenvalue weighted by Gasteiger charge is 2.33. The number of carbonyl (C=O) groups is 1. The molecule has 4 rings (SSSR count). The van der Waals surface area contributed by atoms with Gasteiger partial charge in [-0.15, -0.1) is 0 Å². The third-order valence-electron chi connectivity index (χ3n) is 5.73. The number of aryl methyl sites for hydroxylation is 1. The second-order valence-corrected chi connectivity index (χ2v) is 7.33. The van der Waals surface area contributed by atoms with E-state index in [1.165, 1.54) is 5.56 Å². The van der Waals surface area contributed by atoms with Gasteiger partial charge in [0.05, 0.1) is 11.7 Å². The van der Waals surface area contributed by atoms with Gasteiger partial charge in [0, 0.05) is 49.2 Å². The van der Waals surface area contributed by atoms with E-state index in [0.29, 0.717) is 0 Å². The number of amides is 1. The first kappa shape index (κ1) is 17.1. The van der Waals surface area contributed by atoms with Crippen molar-refractivity contribution in [2.24, 2.45) is 0 Å². The highest BCUT2D eigenvalue weighted by atomic mass is 16.2. The highest BCUT2D eigenvalue weighted by molar-refractivity contribution is 5.76. The fourth-order valence-corrected chi connectivity index (χ4v) is 3.91. The normalized spacial score (nSPS) is 19.7. The Labute approximate surface area is 153 Å². The van der Waals surface area contributed by atoms with Crippen molar-refractivity contribution >= 4 is 5.91 Å². The second kappa shape index (κ2) is 6.79. The Morgan fingerprint density at radius 2 is 2.19 bits per heavy atom. The summed E-state index contributed by atoms with van der Waals surface area (Å²) in [6.07, 6.45) is 4.78. The number of nitrogens with one attached hydrogen (secondary N) is 1. The first-order chi connectivity index (χ1) is 12.5. The predicted octanol–water partition coefficient (Wildman–Crippen LogP) is 1.61. The second-order valence-electron chi connectivity index (χ2n) is 7.33. The number of hydrogen-bond donors (Lipinski definition) is 1. The van der Waals surface area contributed by atoms with E-state index in [4.69, 9.17) is 4.98 Å². The maximum absolute atomic E-state index is 13.0. The van der Waals surface area contributed by atoms with Crippen molar-refractivity contribution in [3.63, 3.8) is 0 Å². The molecule has 1 saturated heterocycles. The molecule has 7 heteroatoms. The zero-order valence-corrected chi connectivity index (χ0v) is 15.7. The molecule has 2 aromatic rings. The SMILES string of the molecule is Cc1nn(CC(=O)N2CCC[C@H]2c2ncc3c(n2)CCNC3)c(C)c1C. The summed E-state index contributed by atoms with van der Waals surface area (Å²) >= 11 is 0. The van der Waals surface area contributed by atoms with E-state index in [0.717, 1.165) is 67.4 Å². The smallest absolute Gasteiger partial charge is 0.244 e. The summed E-state index contributed by atoms with van der Waals surface area (Å²) in [7, 11) is 0. The molecule has 0 radical (unpaired) electrons. The molecule has 138 valence electrons. The molecule has 26 heavy (non-hydrogen) atoms. The highest BCUT2D eigenvalue weighted by Crippen LogP contribution is 2.30. The van der Waals surface area contributed by atoms with Gasteiger partial charge in [0.1, 0.15) is 6.54 Å². The minimum Gasteiger partial charge on any atom is -0.331 e. The number of rotatable bonds is 3.